The maximum absolute atomic E-state index is 12.7. The monoisotopic (exact) mass is 431 g/mol. The highest BCUT2D eigenvalue weighted by Crippen LogP contribution is 2.36. The van der Waals surface area contributed by atoms with E-state index in [4.69, 9.17) is 21.1 Å². The van der Waals surface area contributed by atoms with Crippen LogP contribution in [-0.4, -0.2) is 24.6 Å². The van der Waals surface area contributed by atoms with Gasteiger partial charge in [0.15, 0.2) is 6.10 Å². The third kappa shape index (κ3) is 5.28. The van der Waals surface area contributed by atoms with Crippen molar-refractivity contribution in [3.63, 3.8) is 0 Å². The SMILES string of the molecule is CCCCOC(=O)c1c(NC(=O)C(C)Oc2cccc(Cl)c2)sc2ccccc12. The van der Waals surface area contributed by atoms with Gasteiger partial charge in [-0.15, -0.1) is 11.3 Å². The van der Waals surface area contributed by atoms with Crippen LogP contribution in [0.4, 0.5) is 5.00 Å². The number of benzene rings is 2. The van der Waals surface area contributed by atoms with E-state index in [0.29, 0.717) is 27.9 Å². The number of esters is 1. The number of carbonyl (C=O) groups excluding carboxylic acids is 2. The molecule has 0 fully saturated rings. The van der Waals surface area contributed by atoms with Crippen molar-refractivity contribution in [3.05, 3.63) is 59.1 Å². The Kier molecular flexibility index (Phi) is 7.12. The molecule has 0 spiro atoms. The zero-order valence-corrected chi connectivity index (χ0v) is 17.8. The van der Waals surface area contributed by atoms with Crippen molar-refractivity contribution in [3.8, 4) is 5.75 Å². The molecule has 1 aromatic heterocycles. The second kappa shape index (κ2) is 9.76. The van der Waals surface area contributed by atoms with Crippen LogP contribution in [0.3, 0.4) is 0 Å². The Bertz CT molecular complexity index is 1020. The lowest BCUT2D eigenvalue weighted by atomic mass is 10.1. The molecular weight excluding hydrogens is 410 g/mol. The van der Waals surface area contributed by atoms with Crippen LogP contribution >= 0.6 is 22.9 Å². The summed E-state index contributed by atoms with van der Waals surface area (Å²) in [6.45, 7) is 4.02. The van der Waals surface area contributed by atoms with Crippen molar-refractivity contribution < 1.29 is 19.1 Å². The molecule has 7 heteroatoms. The van der Waals surface area contributed by atoms with Crippen LogP contribution in [-0.2, 0) is 9.53 Å². The molecule has 5 nitrogen and oxygen atoms in total. The Hall–Kier alpha value is -2.57. The first-order chi connectivity index (χ1) is 14.0. The van der Waals surface area contributed by atoms with Crippen molar-refractivity contribution in [1.82, 2.24) is 0 Å². The van der Waals surface area contributed by atoms with Gasteiger partial charge in [-0.2, -0.15) is 0 Å². The van der Waals surface area contributed by atoms with E-state index in [1.807, 2.05) is 31.2 Å². The van der Waals surface area contributed by atoms with Gasteiger partial charge in [0, 0.05) is 15.1 Å². The topological polar surface area (TPSA) is 64.6 Å². The molecule has 0 aliphatic heterocycles. The van der Waals surface area contributed by atoms with Gasteiger partial charge in [0.1, 0.15) is 16.3 Å². The standard InChI is InChI=1S/C22H22ClNO4S/c1-3-4-12-27-22(26)19-17-10-5-6-11-18(17)29-21(19)24-20(25)14(2)28-16-9-7-8-15(23)13-16/h5-11,13-14H,3-4,12H2,1-2H3,(H,24,25). The van der Waals surface area contributed by atoms with E-state index < -0.39 is 12.1 Å². The number of unbranched alkanes of at least 4 members (excludes halogenated alkanes) is 1. The summed E-state index contributed by atoms with van der Waals surface area (Å²) in [7, 11) is 0. The second-order valence-corrected chi connectivity index (χ2v) is 7.99. The Morgan fingerprint density at radius 1 is 1.17 bits per heavy atom. The van der Waals surface area contributed by atoms with Crippen molar-refractivity contribution in [2.24, 2.45) is 0 Å². The number of amides is 1. The average Bonchev–Trinajstić information content (AvgIpc) is 3.06. The molecule has 3 aromatic rings. The van der Waals surface area contributed by atoms with Gasteiger partial charge in [-0.05, 0) is 37.6 Å². The Labute approximate surface area is 178 Å². The number of nitrogens with one attached hydrogen (secondary N) is 1. The number of thiophene rings is 1. The Balaban J connectivity index is 1.80. The highest BCUT2D eigenvalue weighted by Gasteiger charge is 2.24. The number of hydrogen-bond acceptors (Lipinski definition) is 5. The van der Waals surface area contributed by atoms with Crippen LogP contribution in [0, 0.1) is 0 Å². The molecule has 0 aliphatic rings. The van der Waals surface area contributed by atoms with Gasteiger partial charge >= 0.3 is 5.97 Å². The summed E-state index contributed by atoms with van der Waals surface area (Å²) in [5.41, 5.74) is 0.380. The summed E-state index contributed by atoms with van der Waals surface area (Å²) in [5, 5.41) is 4.57. The van der Waals surface area contributed by atoms with Crippen molar-refractivity contribution in [1.29, 1.82) is 0 Å². The molecule has 0 aliphatic carbocycles. The van der Waals surface area contributed by atoms with Crippen molar-refractivity contribution in [2.45, 2.75) is 32.8 Å². The van der Waals surface area contributed by atoms with Gasteiger partial charge in [-0.3, -0.25) is 4.79 Å². The van der Waals surface area contributed by atoms with Gasteiger partial charge in [0.25, 0.3) is 5.91 Å². The van der Waals surface area contributed by atoms with Gasteiger partial charge in [0.2, 0.25) is 0 Å². The first-order valence-corrected chi connectivity index (χ1v) is 10.6. The van der Waals surface area contributed by atoms with Crippen LogP contribution in [0.1, 0.15) is 37.0 Å². The molecule has 1 unspecified atom stereocenters. The zero-order chi connectivity index (χ0) is 20.8. The van der Waals surface area contributed by atoms with Gasteiger partial charge in [-0.1, -0.05) is 49.2 Å². The number of fused-ring (bicyclic) bond motifs is 1. The maximum atomic E-state index is 12.7. The summed E-state index contributed by atoms with van der Waals surface area (Å²) in [5.74, 6) is -0.301. The number of anilines is 1. The van der Waals surface area contributed by atoms with Crippen molar-refractivity contribution >= 4 is 49.9 Å². The highest BCUT2D eigenvalue weighted by atomic mass is 35.5. The van der Waals surface area contributed by atoms with Crippen LogP contribution in [0.25, 0.3) is 10.1 Å². The lowest BCUT2D eigenvalue weighted by Gasteiger charge is -2.15. The molecule has 0 saturated carbocycles. The summed E-state index contributed by atoms with van der Waals surface area (Å²) in [6, 6.07) is 14.3. The molecule has 1 atom stereocenters. The fourth-order valence-corrected chi connectivity index (χ4v) is 4.00. The van der Waals surface area contributed by atoms with Crippen LogP contribution in [0.2, 0.25) is 5.02 Å². The Morgan fingerprint density at radius 3 is 2.72 bits per heavy atom. The number of hydrogen-bond donors (Lipinski definition) is 1. The molecule has 2 aromatic carbocycles. The molecule has 3 rings (SSSR count). The van der Waals surface area contributed by atoms with Gasteiger partial charge in [0.05, 0.1) is 6.61 Å². The first-order valence-electron chi connectivity index (χ1n) is 9.41. The minimum absolute atomic E-state index is 0.348. The molecule has 0 radical (unpaired) electrons. The maximum Gasteiger partial charge on any atom is 0.341 e. The first kappa shape index (κ1) is 21.1. The minimum Gasteiger partial charge on any atom is -0.481 e. The summed E-state index contributed by atoms with van der Waals surface area (Å²) < 4.78 is 12.0. The van der Waals surface area contributed by atoms with Gasteiger partial charge in [-0.25, -0.2) is 4.79 Å². The van der Waals surface area contributed by atoms with Crippen LogP contribution in [0.15, 0.2) is 48.5 Å². The van der Waals surface area contributed by atoms with Crippen LogP contribution in [0.5, 0.6) is 5.75 Å². The molecule has 1 heterocycles. The summed E-state index contributed by atoms with van der Waals surface area (Å²) in [4.78, 5) is 25.4. The third-order valence-electron chi connectivity index (χ3n) is 4.25. The molecule has 0 saturated heterocycles. The normalized spacial score (nSPS) is 11.8. The zero-order valence-electron chi connectivity index (χ0n) is 16.2. The quantitative estimate of drug-likeness (QED) is 0.355. The fraction of sp³-hybridized carbons (Fsp3) is 0.273. The van der Waals surface area contributed by atoms with Gasteiger partial charge < -0.3 is 14.8 Å². The molecule has 29 heavy (non-hydrogen) atoms. The predicted octanol–water partition coefficient (Wildman–Crippen LogP) is 5.92. The fourth-order valence-electron chi connectivity index (χ4n) is 2.73. The highest BCUT2D eigenvalue weighted by molar-refractivity contribution is 7.23. The second-order valence-electron chi connectivity index (χ2n) is 6.50. The molecule has 1 N–H and O–H groups in total. The predicted molar refractivity (Wildman–Crippen MR) is 117 cm³/mol. The summed E-state index contributed by atoms with van der Waals surface area (Å²) in [6.07, 6.45) is 0.947. The smallest absolute Gasteiger partial charge is 0.341 e. The van der Waals surface area contributed by atoms with E-state index in [2.05, 4.69) is 5.32 Å². The molecule has 152 valence electrons. The largest absolute Gasteiger partial charge is 0.481 e. The lowest BCUT2D eigenvalue weighted by molar-refractivity contribution is -0.122. The number of halogens is 1. The van der Waals surface area contributed by atoms with E-state index in [9.17, 15) is 9.59 Å². The number of carbonyl (C=O) groups is 2. The van der Waals surface area contributed by atoms with E-state index >= 15 is 0 Å². The van der Waals surface area contributed by atoms with E-state index in [-0.39, 0.29) is 5.91 Å². The number of rotatable bonds is 8. The van der Waals surface area contributed by atoms with Crippen LogP contribution < -0.4 is 10.1 Å². The molecule has 0 bridgehead atoms. The van der Waals surface area contributed by atoms with Crippen molar-refractivity contribution in [2.75, 3.05) is 11.9 Å². The third-order valence-corrected chi connectivity index (χ3v) is 5.57. The molecule has 1 amide bonds. The van der Waals surface area contributed by atoms with E-state index in [0.717, 1.165) is 22.9 Å². The number of ether oxygens (including phenoxy) is 2. The minimum atomic E-state index is -0.775. The Morgan fingerprint density at radius 2 is 1.97 bits per heavy atom. The van der Waals surface area contributed by atoms with E-state index in [1.165, 1.54) is 11.3 Å². The average molecular weight is 432 g/mol. The van der Waals surface area contributed by atoms with E-state index in [1.54, 1.807) is 31.2 Å². The summed E-state index contributed by atoms with van der Waals surface area (Å²) >= 11 is 7.30. The lowest BCUT2D eigenvalue weighted by Crippen LogP contribution is -2.30. The molecular formula is C22H22ClNO4S.